The van der Waals surface area contributed by atoms with Gasteiger partial charge in [-0.2, -0.15) is 0 Å². The van der Waals surface area contributed by atoms with Gasteiger partial charge < -0.3 is 0 Å². The fraction of sp³-hybridized carbons (Fsp3) is 0.0556. The van der Waals surface area contributed by atoms with Gasteiger partial charge in [-0.3, -0.25) is 9.59 Å². The summed E-state index contributed by atoms with van der Waals surface area (Å²) in [4.78, 5) is 31.1. The van der Waals surface area contributed by atoms with E-state index in [0.29, 0.717) is 27.7 Å². The van der Waals surface area contributed by atoms with E-state index in [1.54, 1.807) is 30.3 Å². The maximum atomic E-state index is 12.7. The van der Waals surface area contributed by atoms with E-state index in [-0.39, 0.29) is 11.8 Å². The first kappa shape index (κ1) is 14.1. The van der Waals surface area contributed by atoms with Crippen LogP contribution in [-0.4, -0.2) is 16.8 Å². The first-order valence-corrected chi connectivity index (χ1v) is 8.25. The summed E-state index contributed by atoms with van der Waals surface area (Å²) in [6.45, 7) is 0. The van der Waals surface area contributed by atoms with Gasteiger partial charge in [0.15, 0.2) is 0 Å². The van der Waals surface area contributed by atoms with Gasteiger partial charge in [0.25, 0.3) is 11.8 Å². The summed E-state index contributed by atoms with van der Waals surface area (Å²) in [5, 5.41) is 1.50. The molecule has 0 bridgehead atoms. The molecule has 2 aromatic carbocycles. The number of rotatable bonds is 2. The number of alkyl halides is 1. The predicted octanol–water partition coefficient (Wildman–Crippen LogP) is 3.93. The fourth-order valence-corrected chi connectivity index (χ4v) is 3.15. The Morgan fingerprint density at radius 2 is 1.57 bits per heavy atom. The highest BCUT2D eigenvalue weighted by Crippen LogP contribution is 2.32. The molecule has 0 unspecified atom stereocenters. The topological polar surface area (TPSA) is 50.3 Å². The molecule has 0 aliphatic carbocycles. The zero-order chi connectivity index (χ0) is 16.0. The van der Waals surface area contributed by atoms with Crippen molar-refractivity contribution >= 4 is 44.3 Å². The number of halogens is 1. The Labute approximate surface area is 140 Å². The molecule has 0 N–H and O–H groups in total. The third kappa shape index (κ3) is 2.08. The minimum Gasteiger partial charge on any atom is -0.268 e. The molecule has 4 nitrogen and oxygen atoms in total. The zero-order valence-electron chi connectivity index (χ0n) is 12.0. The molecule has 2 amide bonds. The van der Waals surface area contributed by atoms with Crippen LogP contribution in [0.1, 0.15) is 26.4 Å². The molecule has 0 spiro atoms. The highest BCUT2D eigenvalue weighted by molar-refractivity contribution is 9.08. The van der Waals surface area contributed by atoms with E-state index in [4.69, 9.17) is 0 Å². The number of anilines is 1. The molecule has 0 saturated carbocycles. The molecule has 1 aliphatic rings. The highest BCUT2D eigenvalue weighted by atomic mass is 79.9. The van der Waals surface area contributed by atoms with Crippen molar-refractivity contribution in [2.24, 2.45) is 0 Å². The van der Waals surface area contributed by atoms with Gasteiger partial charge in [-0.25, -0.2) is 9.88 Å². The molecular formula is C18H11BrN2O2. The zero-order valence-corrected chi connectivity index (χ0v) is 13.6. The van der Waals surface area contributed by atoms with Crippen molar-refractivity contribution in [3.63, 3.8) is 0 Å². The third-order valence-electron chi connectivity index (χ3n) is 3.93. The lowest BCUT2D eigenvalue weighted by atomic mass is 10.1. The van der Waals surface area contributed by atoms with Gasteiger partial charge in [0.1, 0.15) is 0 Å². The van der Waals surface area contributed by atoms with Gasteiger partial charge in [-0.05, 0) is 24.3 Å². The maximum absolute atomic E-state index is 12.7. The van der Waals surface area contributed by atoms with Gasteiger partial charge in [0.05, 0.1) is 28.0 Å². The van der Waals surface area contributed by atoms with Crippen LogP contribution in [0.5, 0.6) is 0 Å². The molecule has 0 atom stereocenters. The third-order valence-corrected chi connectivity index (χ3v) is 4.50. The van der Waals surface area contributed by atoms with E-state index < -0.39 is 0 Å². The SMILES string of the molecule is O=C1c2ccccc2C(=O)N1c1cccc2ccc(CBr)nc12. The summed E-state index contributed by atoms with van der Waals surface area (Å²) in [5.41, 5.74) is 2.90. The van der Waals surface area contributed by atoms with Crippen molar-refractivity contribution in [3.05, 3.63) is 71.4 Å². The second kappa shape index (κ2) is 5.28. The van der Waals surface area contributed by atoms with Crippen LogP contribution >= 0.6 is 15.9 Å². The van der Waals surface area contributed by atoms with Crippen LogP contribution in [-0.2, 0) is 5.33 Å². The number of carbonyl (C=O) groups is 2. The molecule has 1 aliphatic heterocycles. The largest absolute Gasteiger partial charge is 0.268 e. The first-order valence-electron chi connectivity index (χ1n) is 7.13. The number of amides is 2. The number of fused-ring (bicyclic) bond motifs is 2. The Bertz CT molecular complexity index is 933. The van der Waals surface area contributed by atoms with Crippen LogP contribution in [0.15, 0.2) is 54.6 Å². The summed E-state index contributed by atoms with van der Waals surface area (Å²) < 4.78 is 0. The molecule has 0 radical (unpaired) electrons. The molecule has 0 saturated heterocycles. The maximum Gasteiger partial charge on any atom is 0.266 e. The number of para-hydroxylation sites is 1. The van der Waals surface area contributed by atoms with E-state index in [0.717, 1.165) is 11.1 Å². The number of pyridine rings is 1. The Morgan fingerprint density at radius 3 is 2.22 bits per heavy atom. The van der Waals surface area contributed by atoms with Crippen LogP contribution in [0.25, 0.3) is 10.9 Å². The minimum absolute atomic E-state index is 0.302. The van der Waals surface area contributed by atoms with Crippen molar-refractivity contribution in [1.82, 2.24) is 4.98 Å². The number of hydrogen-bond donors (Lipinski definition) is 0. The Kier molecular flexibility index (Phi) is 3.23. The van der Waals surface area contributed by atoms with Gasteiger partial charge in [-0.15, -0.1) is 0 Å². The quantitative estimate of drug-likeness (QED) is 0.509. The Morgan fingerprint density at radius 1 is 0.870 bits per heavy atom. The number of carbonyl (C=O) groups excluding carboxylic acids is 2. The second-order valence-corrected chi connectivity index (χ2v) is 5.84. The van der Waals surface area contributed by atoms with Crippen LogP contribution in [0, 0.1) is 0 Å². The van der Waals surface area contributed by atoms with Crippen molar-refractivity contribution < 1.29 is 9.59 Å². The number of nitrogens with zero attached hydrogens (tertiary/aromatic N) is 2. The van der Waals surface area contributed by atoms with E-state index in [2.05, 4.69) is 20.9 Å². The van der Waals surface area contributed by atoms with Crippen LogP contribution in [0.4, 0.5) is 5.69 Å². The van der Waals surface area contributed by atoms with Crippen LogP contribution in [0.2, 0.25) is 0 Å². The number of hydrogen-bond acceptors (Lipinski definition) is 3. The molecule has 5 heteroatoms. The predicted molar refractivity (Wildman–Crippen MR) is 92.0 cm³/mol. The molecule has 23 heavy (non-hydrogen) atoms. The van der Waals surface area contributed by atoms with E-state index in [9.17, 15) is 9.59 Å². The molecule has 2 heterocycles. The average Bonchev–Trinajstić information content (AvgIpc) is 2.85. The van der Waals surface area contributed by atoms with Gasteiger partial charge in [0.2, 0.25) is 0 Å². The summed E-state index contributed by atoms with van der Waals surface area (Å²) in [5.74, 6) is -0.603. The van der Waals surface area contributed by atoms with Crippen molar-refractivity contribution in [2.45, 2.75) is 5.33 Å². The monoisotopic (exact) mass is 366 g/mol. The molecule has 0 fully saturated rings. The van der Waals surface area contributed by atoms with Crippen molar-refractivity contribution in [1.29, 1.82) is 0 Å². The van der Waals surface area contributed by atoms with Crippen molar-refractivity contribution in [3.8, 4) is 0 Å². The molecule has 3 aromatic rings. The number of aromatic nitrogens is 1. The van der Waals surface area contributed by atoms with Crippen LogP contribution in [0.3, 0.4) is 0 Å². The van der Waals surface area contributed by atoms with Gasteiger partial charge in [-0.1, -0.05) is 46.3 Å². The van der Waals surface area contributed by atoms with Crippen molar-refractivity contribution in [2.75, 3.05) is 4.90 Å². The van der Waals surface area contributed by atoms with Gasteiger partial charge >= 0.3 is 0 Å². The minimum atomic E-state index is -0.302. The van der Waals surface area contributed by atoms with Crippen LogP contribution < -0.4 is 4.90 Å². The molecule has 4 rings (SSSR count). The van der Waals surface area contributed by atoms with E-state index >= 15 is 0 Å². The molecular weight excluding hydrogens is 356 g/mol. The smallest absolute Gasteiger partial charge is 0.266 e. The summed E-state index contributed by atoms with van der Waals surface area (Å²) >= 11 is 3.39. The van der Waals surface area contributed by atoms with E-state index in [1.807, 2.05) is 24.3 Å². The summed E-state index contributed by atoms with van der Waals surface area (Å²) in [6, 6.07) is 16.3. The Balaban J connectivity index is 1.94. The standard InChI is InChI=1S/C18H11BrN2O2/c19-10-12-9-8-11-4-3-7-15(16(11)20-12)21-17(22)13-5-1-2-6-14(13)18(21)23/h1-9H,10H2. The number of imide groups is 1. The summed E-state index contributed by atoms with van der Waals surface area (Å²) in [6.07, 6.45) is 0. The lowest BCUT2D eigenvalue weighted by molar-refractivity contribution is 0.0926. The van der Waals surface area contributed by atoms with E-state index in [1.165, 1.54) is 4.90 Å². The first-order chi connectivity index (χ1) is 11.2. The molecule has 112 valence electrons. The lowest BCUT2D eigenvalue weighted by Crippen LogP contribution is -2.29. The second-order valence-electron chi connectivity index (χ2n) is 5.28. The summed E-state index contributed by atoms with van der Waals surface area (Å²) in [7, 11) is 0. The normalized spacial score (nSPS) is 13.7. The Hall–Kier alpha value is -2.53. The number of benzene rings is 2. The molecule has 1 aromatic heterocycles. The highest BCUT2D eigenvalue weighted by Gasteiger charge is 2.37. The van der Waals surface area contributed by atoms with Gasteiger partial charge in [0, 0.05) is 10.7 Å². The lowest BCUT2D eigenvalue weighted by Gasteiger charge is -2.16. The fourth-order valence-electron chi connectivity index (χ4n) is 2.83. The average molecular weight is 367 g/mol.